The number of pyridine rings is 1. The topological polar surface area (TPSA) is 125 Å². The van der Waals surface area contributed by atoms with Crippen LogP contribution in [0.15, 0.2) is 67.1 Å². The highest BCUT2D eigenvalue weighted by Gasteiger charge is 2.22. The number of methoxy groups -OCH3 is 2. The van der Waals surface area contributed by atoms with Crippen molar-refractivity contribution in [2.75, 3.05) is 24.9 Å². The molecule has 0 fully saturated rings. The van der Waals surface area contributed by atoms with Gasteiger partial charge in [-0.15, -0.1) is 0 Å². The first-order valence-corrected chi connectivity index (χ1v) is 12.9. The smallest absolute Gasteiger partial charge is 0.324 e. The second-order valence-corrected chi connectivity index (χ2v) is 10.3. The third-order valence-electron chi connectivity index (χ3n) is 6.27. The van der Waals surface area contributed by atoms with E-state index in [9.17, 15) is 4.79 Å². The van der Waals surface area contributed by atoms with Gasteiger partial charge in [-0.2, -0.15) is 5.10 Å². The number of nitrogens with zero attached hydrogens (tertiary/aromatic N) is 5. The molecule has 0 aliphatic rings. The third-order valence-corrected chi connectivity index (χ3v) is 6.27. The second kappa shape index (κ2) is 11.1. The summed E-state index contributed by atoms with van der Waals surface area (Å²) in [7, 11) is 3.12. The Hall–Kier alpha value is -5.19. The van der Waals surface area contributed by atoms with E-state index in [1.165, 1.54) is 6.33 Å². The number of ether oxygens (including phenoxy) is 3. The van der Waals surface area contributed by atoms with Gasteiger partial charge in [-0.25, -0.2) is 19.4 Å². The van der Waals surface area contributed by atoms with Crippen molar-refractivity contribution in [3.05, 3.63) is 78.5 Å². The number of anilines is 2. The van der Waals surface area contributed by atoms with Crippen LogP contribution in [-0.2, 0) is 5.41 Å². The van der Waals surface area contributed by atoms with Gasteiger partial charge in [-0.1, -0.05) is 26.8 Å². The maximum absolute atomic E-state index is 13.1. The van der Waals surface area contributed by atoms with Crippen LogP contribution in [0.25, 0.3) is 16.6 Å². The predicted octanol–water partition coefficient (Wildman–Crippen LogP) is 6.27. The Balaban J connectivity index is 1.36. The maximum atomic E-state index is 13.1. The molecule has 0 radical (unpaired) electrons. The summed E-state index contributed by atoms with van der Waals surface area (Å²) in [6.07, 6.45) is 3.14. The van der Waals surface area contributed by atoms with Gasteiger partial charge in [0.2, 0.25) is 5.88 Å². The number of nitrogens with one attached hydrogen (secondary N) is 2. The number of benzene rings is 2. The fourth-order valence-corrected chi connectivity index (χ4v) is 4.09. The van der Waals surface area contributed by atoms with Crippen molar-refractivity contribution in [3.8, 4) is 28.8 Å². The second-order valence-electron chi connectivity index (χ2n) is 10.3. The summed E-state index contributed by atoms with van der Waals surface area (Å²) in [6, 6.07) is 15.8. The minimum absolute atomic E-state index is 0.220. The fraction of sp³-hybridized carbons (Fsp3) is 0.233. The molecule has 0 saturated heterocycles. The van der Waals surface area contributed by atoms with Gasteiger partial charge in [0.15, 0.2) is 11.5 Å². The van der Waals surface area contributed by atoms with Crippen molar-refractivity contribution in [2.24, 2.45) is 0 Å². The Labute approximate surface area is 237 Å². The number of carbonyl (C=O) groups excluding carboxylic acids is 1. The van der Waals surface area contributed by atoms with E-state index in [0.717, 1.165) is 17.1 Å². The van der Waals surface area contributed by atoms with E-state index >= 15 is 0 Å². The zero-order valence-corrected chi connectivity index (χ0v) is 23.7. The zero-order valence-electron chi connectivity index (χ0n) is 23.7. The Morgan fingerprint density at radius 3 is 2.39 bits per heavy atom. The number of carbonyl (C=O) groups is 1. The Morgan fingerprint density at radius 1 is 0.902 bits per heavy atom. The lowest BCUT2D eigenvalue weighted by molar-refractivity contribution is 0.262. The summed E-state index contributed by atoms with van der Waals surface area (Å²) in [5.41, 5.74) is 3.40. The molecule has 3 heterocycles. The van der Waals surface area contributed by atoms with Gasteiger partial charge in [-0.3, -0.25) is 10.3 Å². The van der Waals surface area contributed by atoms with Crippen molar-refractivity contribution in [3.63, 3.8) is 0 Å². The Morgan fingerprint density at radius 2 is 1.68 bits per heavy atom. The normalized spacial score (nSPS) is 11.3. The molecular formula is C30H31N7O4. The third kappa shape index (κ3) is 6.03. The number of urea groups is 1. The molecule has 0 bridgehead atoms. The number of aromatic nitrogens is 5. The first-order chi connectivity index (χ1) is 19.6. The quantitative estimate of drug-likeness (QED) is 0.242. The first-order valence-electron chi connectivity index (χ1n) is 12.9. The van der Waals surface area contributed by atoms with E-state index in [2.05, 4.69) is 46.4 Å². The highest BCUT2D eigenvalue weighted by Crippen LogP contribution is 2.36. The highest BCUT2D eigenvalue weighted by molar-refractivity contribution is 5.99. The zero-order chi connectivity index (χ0) is 29.1. The van der Waals surface area contributed by atoms with Crippen LogP contribution in [-0.4, -0.2) is 45.0 Å². The van der Waals surface area contributed by atoms with Gasteiger partial charge in [0, 0.05) is 35.0 Å². The molecule has 5 rings (SSSR count). The van der Waals surface area contributed by atoms with E-state index in [1.54, 1.807) is 61.5 Å². The molecular weight excluding hydrogens is 522 g/mol. The predicted molar refractivity (Wildman–Crippen MR) is 157 cm³/mol. The minimum atomic E-state index is -0.437. The number of rotatable bonds is 7. The molecule has 0 unspecified atom stereocenters. The SMILES string of the molecule is COc1cc2ncnc(Oc3cccc(NC(=O)Nc4cc(C(C)(C)C)nn4-c4ccc(C)nc4)c3)c2cc1OC. The van der Waals surface area contributed by atoms with Crippen LogP contribution in [0.3, 0.4) is 0 Å². The van der Waals surface area contributed by atoms with Crippen LogP contribution in [0, 0.1) is 6.92 Å². The monoisotopic (exact) mass is 553 g/mol. The lowest BCUT2D eigenvalue weighted by Crippen LogP contribution is -2.21. The van der Waals surface area contributed by atoms with Crippen LogP contribution >= 0.6 is 0 Å². The molecule has 11 nitrogen and oxygen atoms in total. The molecule has 0 aliphatic heterocycles. The van der Waals surface area contributed by atoms with Gasteiger partial charge >= 0.3 is 6.03 Å². The molecule has 0 saturated carbocycles. The molecule has 0 aliphatic carbocycles. The van der Waals surface area contributed by atoms with Crippen molar-refractivity contribution >= 4 is 28.4 Å². The van der Waals surface area contributed by atoms with E-state index < -0.39 is 6.03 Å². The molecule has 3 aromatic heterocycles. The highest BCUT2D eigenvalue weighted by atomic mass is 16.5. The van der Waals surface area contributed by atoms with Crippen LogP contribution < -0.4 is 24.8 Å². The molecule has 0 spiro atoms. The average Bonchev–Trinajstić information content (AvgIpc) is 3.37. The minimum Gasteiger partial charge on any atom is -0.493 e. The summed E-state index contributed by atoms with van der Waals surface area (Å²) in [5.74, 6) is 2.41. The van der Waals surface area contributed by atoms with Gasteiger partial charge in [0.1, 0.15) is 17.9 Å². The molecule has 11 heteroatoms. The molecule has 2 aromatic carbocycles. The molecule has 2 N–H and O–H groups in total. The van der Waals surface area contributed by atoms with E-state index in [0.29, 0.717) is 45.5 Å². The van der Waals surface area contributed by atoms with Crippen LogP contribution in [0.2, 0.25) is 0 Å². The molecule has 41 heavy (non-hydrogen) atoms. The summed E-state index contributed by atoms with van der Waals surface area (Å²) >= 11 is 0. The number of fused-ring (bicyclic) bond motifs is 1. The Bertz CT molecular complexity index is 1710. The lowest BCUT2D eigenvalue weighted by Gasteiger charge is -2.14. The molecule has 0 atom stereocenters. The van der Waals surface area contributed by atoms with Crippen LogP contribution in [0.4, 0.5) is 16.3 Å². The van der Waals surface area contributed by atoms with Crippen molar-refractivity contribution in [1.82, 2.24) is 24.7 Å². The van der Waals surface area contributed by atoms with Crippen molar-refractivity contribution in [2.45, 2.75) is 33.1 Å². The number of hydrogen-bond donors (Lipinski definition) is 2. The summed E-state index contributed by atoms with van der Waals surface area (Å²) in [5, 5.41) is 11.2. The average molecular weight is 554 g/mol. The van der Waals surface area contributed by atoms with Crippen molar-refractivity contribution in [1.29, 1.82) is 0 Å². The lowest BCUT2D eigenvalue weighted by atomic mass is 9.92. The summed E-state index contributed by atoms with van der Waals surface area (Å²) in [6.45, 7) is 8.11. The molecule has 5 aromatic rings. The van der Waals surface area contributed by atoms with Crippen LogP contribution in [0.5, 0.6) is 23.1 Å². The van der Waals surface area contributed by atoms with Gasteiger partial charge < -0.3 is 19.5 Å². The van der Waals surface area contributed by atoms with Gasteiger partial charge in [0.25, 0.3) is 0 Å². The largest absolute Gasteiger partial charge is 0.493 e. The molecule has 210 valence electrons. The van der Waals surface area contributed by atoms with Crippen LogP contribution in [0.1, 0.15) is 32.2 Å². The molecule has 2 amide bonds. The fourth-order valence-electron chi connectivity index (χ4n) is 4.09. The van der Waals surface area contributed by atoms with E-state index in [-0.39, 0.29) is 5.41 Å². The summed E-state index contributed by atoms with van der Waals surface area (Å²) in [4.78, 5) is 26.1. The van der Waals surface area contributed by atoms with E-state index in [4.69, 9.17) is 19.3 Å². The number of aryl methyl sites for hydroxylation is 1. The first kappa shape index (κ1) is 27.4. The maximum Gasteiger partial charge on any atom is 0.324 e. The standard InChI is InChI=1S/C30H31N7O4/c1-18-10-11-20(16-31-18)37-27(15-26(36-37)30(2,3)4)35-29(38)34-19-8-7-9-21(12-19)41-28-22-13-24(39-5)25(40-6)14-23(22)32-17-33-28/h7-17H,1-6H3,(H2,34,35,38). The van der Waals surface area contributed by atoms with E-state index in [1.807, 2.05) is 25.1 Å². The number of hydrogen-bond acceptors (Lipinski definition) is 8. The Kier molecular flexibility index (Phi) is 7.43. The number of amides is 2. The van der Waals surface area contributed by atoms with Gasteiger partial charge in [-0.05, 0) is 37.3 Å². The van der Waals surface area contributed by atoms with Crippen molar-refractivity contribution < 1.29 is 19.0 Å². The summed E-state index contributed by atoms with van der Waals surface area (Å²) < 4.78 is 18.6. The van der Waals surface area contributed by atoms with Gasteiger partial charge in [0.05, 0.1) is 42.7 Å².